The summed E-state index contributed by atoms with van der Waals surface area (Å²) >= 11 is 0. The zero-order valence-electron chi connectivity index (χ0n) is 26.8. The maximum atomic E-state index is 12.6. The number of aromatic nitrogens is 4. The first-order valence-electron chi connectivity index (χ1n) is 14.6. The lowest BCUT2D eigenvalue weighted by Gasteiger charge is -2.33. The van der Waals surface area contributed by atoms with Gasteiger partial charge in [-0.15, -0.1) is 5.10 Å². The number of pyridine rings is 1. The molecule has 0 radical (unpaired) electrons. The molecule has 1 aliphatic rings. The maximum Gasteiger partial charge on any atom is 0.490 e. The number of carbonyl (C=O) groups is 2. The molecule has 46 heavy (non-hydrogen) atoms. The number of fused-ring (bicyclic) bond motifs is 2. The minimum absolute atomic E-state index is 0.366. The lowest BCUT2D eigenvalue weighted by molar-refractivity contribution is -0.192. The lowest BCUT2D eigenvalue weighted by Crippen LogP contribution is -2.40. The number of alkyl halides is 3. The molecule has 2 aromatic heterocycles. The molecule has 0 bridgehead atoms. The highest BCUT2D eigenvalue weighted by Gasteiger charge is 2.41. The number of aryl methyl sites for hydroxylation is 3. The fourth-order valence-electron chi connectivity index (χ4n) is 5.86. The Bertz CT molecular complexity index is 1770. The van der Waals surface area contributed by atoms with E-state index >= 15 is 0 Å². The first kappa shape index (κ1) is 34.4. The highest BCUT2D eigenvalue weighted by Crippen LogP contribution is 2.44. The number of hydrogen-bond acceptors (Lipinski definition) is 7. The maximum absolute atomic E-state index is 12.6. The van der Waals surface area contributed by atoms with E-state index < -0.39 is 23.5 Å². The van der Waals surface area contributed by atoms with Gasteiger partial charge in [0.1, 0.15) is 16.9 Å². The lowest BCUT2D eigenvalue weighted by atomic mass is 9.69. The Labute approximate surface area is 264 Å². The van der Waals surface area contributed by atoms with Crippen molar-refractivity contribution in [1.29, 1.82) is 0 Å². The molecule has 0 fully saturated rings. The van der Waals surface area contributed by atoms with Crippen molar-refractivity contribution in [3.05, 3.63) is 82.2 Å². The normalized spacial score (nSPS) is 15.6. The van der Waals surface area contributed by atoms with E-state index in [0.717, 1.165) is 52.1 Å². The number of carboxylic acids is 2. The monoisotopic (exact) mass is 641 g/mol. The van der Waals surface area contributed by atoms with Crippen LogP contribution in [0.5, 0.6) is 5.75 Å². The van der Waals surface area contributed by atoms with E-state index in [2.05, 4.69) is 59.2 Å². The van der Waals surface area contributed by atoms with Gasteiger partial charge in [-0.1, -0.05) is 29.5 Å². The van der Waals surface area contributed by atoms with Crippen molar-refractivity contribution in [2.45, 2.75) is 72.3 Å². The average molecular weight is 642 g/mol. The summed E-state index contributed by atoms with van der Waals surface area (Å²) in [7, 11) is 1.86. The zero-order chi connectivity index (χ0) is 34.2. The standard InChI is InChI=1S/C31H37N5O3.C2HF3O2/c1-19-8-9-21(14-22(19)16-36-17-23-15-32-13-12-26(23)39-30(3,4)18-36)27(31(5,6)29(37)38)24-10-11-25-28(20(24)2)33-34-35(25)7;3-2(4,5)1(6)7/h8-15,27H,16-18H2,1-7H3,(H,37,38);(H,6,7). The number of hydrogen-bond donors (Lipinski definition) is 2. The van der Waals surface area contributed by atoms with E-state index in [-0.39, 0.29) is 11.5 Å². The van der Waals surface area contributed by atoms with Crippen LogP contribution in [-0.2, 0) is 29.7 Å². The van der Waals surface area contributed by atoms with E-state index in [4.69, 9.17) is 14.6 Å². The molecule has 1 unspecified atom stereocenters. The number of aliphatic carboxylic acids is 2. The van der Waals surface area contributed by atoms with Gasteiger partial charge in [0.05, 0.1) is 10.9 Å². The van der Waals surface area contributed by atoms with Crippen molar-refractivity contribution in [2.75, 3.05) is 6.54 Å². The second kappa shape index (κ2) is 12.7. The average Bonchev–Trinajstić information content (AvgIpc) is 3.26. The Balaban J connectivity index is 0.000000617. The van der Waals surface area contributed by atoms with Crippen LogP contribution in [0, 0.1) is 19.3 Å². The molecule has 4 aromatic rings. The van der Waals surface area contributed by atoms with Gasteiger partial charge in [-0.25, -0.2) is 9.48 Å². The Morgan fingerprint density at radius 2 is 1.74 bits per heavy atom. The molecule has 0 aliphatic carbocycles. The molecule has 3 heterocycles. The Morgan fingerprint density at radius 1 is 1.07 bits per heavy atom. The van der Waals surface area contributed by atoms with E-state index in [1.54, 1.807) is 24.7 Å². The van der Waals surface area contributed by atoms with Crippen LogP contribution in [0.15, 0.2) is 48.8 Å². The van der Waals surface area contributed by atoms with Gasteiger partial charge in [-0.2, -0.15) is 13.2 Å². The molecular formula is C33H38F3N5O5. The van der Waals surface area contributed by atoms with Crippen LogP contribution in [-0.4, -0.2) is 65.4 Å². The molecule has 2 aromatic carbocycles. The molecule has 13 heteroatoms. The fourth-order valence-corrected chi connectivity index (χ4v) is 5.86. The van der Waals surface area contributed by atoms with E-state index in [1.807, 2.05) is 38.4 Å². The van der Waals surface area contributed by atoms with Crippen LogP contribution in [0.25, 0.3) is 11.0 Å². The summed E-state index contributed by atoms with van der Waals surface area (Å²) in [5, 5.41) is 26.0. The molecule has 0 saturated heterocycles. The summed E-state index contributed by atoms with van der Waals surface area (Å²) in [5.41, 5.74) is 6.58. The van der Waals surface area contributed by atoms with Gasteiger partial charge in [0, 0.05) is 50.6 Å². The summed E-state index contributed by atoms with van der Waals surface area (Å²) in [5.74, 6) is -3.10. The predicted molar refractivity (Wildman–Crippen MR) is 164 cm³/mol. The Hall–Kier alpha value is -4.52. The molecule has 246 valence electrons. The van der Waals surface area contributed by atoms with Crippen LogP contribution < -0.4 is 4.74 Å². The van der Waals surface area contributed by atoms with Gasteiger partial charge >= 0.3 is 18.1 Å². The molecule has 0 spiro atoms. The van der Waals surface area contributed by atoms with Crippen LogP contribution in [0.4, 0.5) is 13.2 Å². The number of rotatable bonds is 6. The molecule has 10 nitrogen and oxygen atoms in total. The Kier molecular flexibility index (Phi) is 9.49. The van der Waals surface area contributed by atoms with Crippen LogP contribution in [0.2, 0.25) is 0 Å². The van der Waals surface area contributed by atoms with Gasteiger partial charge in [-0.05, 0) is 81.5 Å². The zero-order valence-corrected chi connectivity index (χ0v) is 26.8. The topological polar surface area (TPSA) is 131 Å². The first-order valence-corrected chi connectivity index (χ1v) is 14.6. The van der Waals surface area contributed by atoms with Gasteiger partial charge < -0.3 is 14.9 Å². The third-order valence-corrected chi connectivity index (χ3v) is 8.25. The summed E-state index contributed by atoms with van der Waals surface area (Å²) in [6, 6.07) is 12.3. The SMILES string of the molecule is Cc1ccc(C(c2ccc3c(nnn3C)c2C)C(C)(C)C(=O)O)cc1CN1Cc2cnccc2OC(C)(C)C1.O=C(O)C(F)(F)F. The van der Waals surface area contributed by atoms with Crippen LogP contribution >= 0.6 is 0 Å². The molecule has 0 saturated carbocycles. The number of nitrogens with zero attached hydrogens (tertiary/aromatic N) is 5. The molecular weight excluding hydrogens is 603 g/mol. The second-order valence-corrected chi connectivity index (χ2v) is 12.8. The van der Waals surface area contributed by atoms with Gasteiger partial charge in [0.2, 0.25) is 0 Å². The fraction of sp³-hybridized carbons (Fsp3) is 0.424. The third kappa shape index (κ3) is 7.30. The number of benzene rings is 2. The number of ether oxygens (including phenoxy) is 1. The van der Waals surface area contributed by atoms with Crippen LogP contribution in [0.1, 0.15) is 67.0 Å². The van der Waals surface area contributed by atoms with Gasteiger partial charge in [0.25, 0.3) is 0 Å². The molecule has 5 rings (SSSR count). The minimum atomic E-state index is -5.08. The Morgan fingerprint density at radius 3 is 2.37 bits per heavy atom. The van der Waals surface area contributed by atoms with Gasteiger partial charge in [0.15, 0.2) is 0 Å². The van der Waals surface area contributed by atoms with E-state index in [9.17, 15) is 23.1 Å². The van der Waals surface area contributed by atoms with Crippen molar-refractivity contribution in [3.8, 4) is 5.75 Å². The van der Waals surface area contributed by atoms with E-state index in [0.29, 0.717) is 6.54 Å². The van der Waals surface area contributed by atoms with Crippen molar-refractivity contribution < 1.29 is 37.7 Å². The molecule has 1 aliphatic heterocycles. The predicted octanol–water partition coefficient (Wildman–Crippen LogP) is 6.03. The highest BCUT2D eigenvalue weighted by molar-refractivity contribution is 5.81. The smallest absolute Gasteiger partial charge is 0.486 e. The highest BCUT2D eigenvalue weighted by atomic mass is 19.4. The van der Waals surface area contributed by atoms with Crippen LogP contribution in [0.3, 0.4) is 0 Å². The van der Waals surface area contributed by atoms with Crippen molar-refractivity contribution in [2.24, 2.45) is 12.5 Å². The van der Waals surface area contributed by atoms with E-state index in [1.165, 1.54) is 11.1 Å². The first-order chi connectivity index (χ1) is 21.3. The quantitative estimate of drug-likeness (QED) is 0.259. The van der Waals surface area contributed by atoms with Gasteiger partial charge in [-0.3, -0.25) is 14.7 Å². The number of halogens is 3. The largest absolute Gasteiger partial charge is 0.490 e. The van der Waals surface area contributed by atoms with Crippen molar-refractivity contribution in [3.63, 3.8) is 0 Å². The minimum Gasteiger partial charge on any atom is -0.486 e. The number of carboxylic acid groups (broad SMARTS) is 2. The summed E-state index contributed by atoms with van der Waals surface area (Å²) in [4.78, 5) is 28.2. The van der Waals surface area contributed by atoms with Crippen molar-refractivity contribution in [1.82, 2.24) is 24.9 Å². The second-order valence-electron chi connectivity index (χ2n) is 12.8. The summed E-state index contributed by atoms with van der Waals surface area (Å²) in [6.45, 7) is 14.1. The molecule has 0 amide bonds. The molecule has 1 atom stereocenters. The molecule has 2 N–H and O–H groups in total. The summed E-state index contributed by atoms with van der Waals surface area (Å²) in [6.07, 6.45) is -1.44. The van der Waals surface area contributed by atoms with Crippen molar-refractivity contribution >= 4 is 23.0 Å². The summed E-state index contributed by atoms with van der Waals surface area (Å²) < 4.78 is 39.8. The third-order valence-electron chi connectivity index (χ3n) is 8.25.